The lowest BCUT2D eigenvalue weighted by Crippen LogP contribution is -2.26. The molecule has 0 aliphatic carbocycles. The number of aromatic nitrogens is 4. The third-order valence-corrected chi connectivity index (χ3v) is 2.88. The maximum absolute atomic E-state index is 9.61. The van der Waals surface area contributed by atoms with Crippen LogP contribution >= 0.6 is 0 Å². The quantitative estimate of drug-likeness (QED) is 0.600. The summed E-state index contributed by atoms with van der Waals surface area (Å²) >= 11 is 0. The molecule has 2 aromatic heterocycles. The number of nitrogen functional groups attached to an aromatic ring is 1. The summed E-state index contributed by atoms with van der Waals surface area (Å²) in [5.41, 5.74) is 6.45. The summed E-state index contributed by atoms with van der Waals surface area (Å²) in [6.07, 6.45) is 1.08. The van der Waals surface area contributed by atoms with Crippen LogP contribution in [0, 0.1) is 0 Å². The SMILES string of the molecule is Nc1ncc2ncn(O[C@H]3C[C@H](O)[C@@H](CO)O3)c2n1. The molecular formula is C10H13N5O4. The molecule has 9 heteroatoms. The Kier molecular flexibility index (Phi) is 2.93. The zero-order valence-electron chi connectivity index (χ0n) is 9.88. The van der Waals surface area contributed by atoms with Gasteiger partial charge in [0.05, 0.1) is 18.9 Å². The second-order valence-corrected chi connectivity index (χ2v) is 4.20. The smallest absolute Gasteiger partial charge is 0.227 e. The van der Waals surface area contributed by atoms with Crippen molar-refractivity contribution in [3.63, 3.8) is 0 Å². The highest BCUT2D eigenvalue weighted by Gasteiger charge is 2.35. The van der Waals surface area contributed by atoms with E-state index in [-0.39, 0.29) is 19.0 Å². The molecule has 1 fully saturated rings. The molecule has 0 aromatic carbocycles. The molecule has 2 aromatic rings. The summed E-state index contributed by atoms with van der Waals surface area (Å²) < 4.78 is 6.64. The van der Waals surface area contributed by atoms with Crippen LogP contribution in [0.2, 0.25) is 0 Å². The lowest BCUT2D eigenvalue weighted by molar-refractivity contribution is -0.143. The fourth-order valence-electron chi connectivity index (χ4n) is 1.93. The van der Waals surface area contributed by atoms with Crippen molar-refractivity contribution in [2.24, 2.45) is 0 Å². The lowest BCUT2D eigenvalue weighted by Gasteiger charge is -2.13. The molecule has 0 radical (unpaired) electrons. The molecule has 102 valence electrons. The number of aliphatic hydroxyl groups is 2. The van der Waals surface area contributed by atoms with Gasteiger partial charge in [-0.2, -0.15) is 4.98 Å². The predicted octanol–water partition coefficient (Wildman–Crippen LogP) is -1.69. The van der Waals surface area contributed by atoms with Crippen molar-refractivity contribution in [2.45, 2.75) is 24.9 Å². The summed E-state index contributed by atoms with van der Waals surface area (Å²) in [5, 5.41) is 18.6. The first kappa shape index (κ1) is 12.1. The molecular weight excluding hydrogens is 254 g/mol. The highest BCUT2D eigenvalue weighted by Crippen LogP contribution is 2.20. The van der Waals surface area contributed by atoms with Gasteiger partial charge >= 0.3 is 0 Å². The Morgan fingerprint density at radius 1 is 1.53 bits per heavy atom. The van der Waals surface area contributed by atoms with Gasteiger partial charge in [0, 0.05) is 6.42 Å². The van der Waals surface area contributed by atoms with Crippen LogP contribution in [0.15, 0.2) is 12.5 Å². The first-order valence-corrected chi connectivity index (χ1v) is 5.74. The molecule has 0 amide bonds. The van der Waals surface area contributed by atoms with Gasteiger partial charge < -0.3 is 25.5 Å². The molecule has 1 saturated heterocycles. The molecule has 0 spiro atoms. The van der Waals surface area contributed by atoms with Crippen molar-refractivity contribution in [3.05, 3.63) is 12.5 Å². The van der Waals surface area contributed by atoms with Gasteiger partial charge in [-0.3, -0.25) is 0 Å². The van der Waals surface area contributed by atoms with Crippen molar-refractivity contribution in [1.82, 2.24) is 19.7 Å². The van der Waals surface area contributed by atoms with E-state index >= 15 is 0 Å². The first-order valence-electron chi connectivity index (χ1n) is 5.74. The molecule has 4 N–H and O–H groups in total. The van der Waals surface area contributed by atoms with Crippen LogP contribution in [0.25, 0.3) is 11.2 Å². The predicted molar refractivity (Wildman–Crippen MR) is 62.7 cm³/mol. The van der Waals surface area contributed by atoms with E-state index in [0.29, 0.717) is 11.2 Å². The molecule has 1 aliphatic heterocycles. The molecule has 1 aliphatic rings. The second kappa shape index (κ2) is 4.61. The van der Waals surface area contributed by atoms with E-state index < -0.39 is 18.5 Å². The van der Waals surface area contributed by atoms with Crippen molar-refractivity contribution in [2.75, 3.05) is 12.3 Å². The standard InChI is InChI=1S/C10H13N5O4/c11-10-12-2-5-9(14-10)15(4-13-5)19-8-1-6(17)7(3-16)18-8/h2,4,6-8,16-17H,1,3H2,(H2,11,12,14)/t6-,7+,8-/m0/s1. The van der Waals surface area contributed by atoms with Gasteiger partial charge in [-0.15, -0.1) is 4.73 Å². The van der Waals surface area contributed by atoms with Gasteiger partial charge in [0.1, 0.15) is 17.9 Å². The van der Waals surface area contributed by atoms with Crippen molar-refractivity contribution in [1.29, 1.82) is 0 Å². The highest BCUT2D eigenvalue weighted by atomic mass is 16.8. The number of aliphatic hydroxyl groups excluding tert-OH is 2. The van der Waals surface area contributed by atoms with Gasteiger partial charge in [0.2, 0.25) is 17.9 Å². The van der Waals surface area contributed by atoms with Gasteiger partial charge in [-0.05, 0) is 0 Å². The number of rotatable bonds is 3. The summed E-state index contributed by atoms with van der Waals surface area (Å²) in [4.78, 5) is 17.4. The Hall–Kier alpha value is -1.97. The molecule has 0 unspecified atom stereocenters. The van der Waals surface area contributed by atoms with E-state index in [1.165, 1.54) is 17.3 Å². The van der Waals surface area contributed by atoms with Crippen molar-refractivity contribution < 1.29 is 19.8 Å². The highest BCUT2D eigenvalue weighted by molar-refractivity contribution is 5.70. The van der Waals surface area contributed by atoms with Crippen LogP contribution in [-0.4, -0.2) is 55.0 Å². The van der Waals surface area contributed by atoms with Crippen LogP contribution in [0.5, 0.6) is 0 Å². The maximum Gasteiger partial charge on any atom is 0.227 e. The van der Waals surface area contributed by atoms with E-state index in [9.17, 15) is 5.11 Å². The topological polar surface area (TPSA) is 129 Å². The molecule has 3 heterocycles. The molecule has 3 rings (SSSR count). The summed E-state index contributed by atoms with van der Waals surface area (Å²) in [6.45, 7) is -0.263. The number of anilines is 1. The fraction of sp³-hybridized carbons (Fsp3) is 0.500. The van der Waals surface area contributed by atoms with E-state index in [1.807, 2.05) is 0 Å². The molecule has 3 atom stereocenters. The third kappa shape index (κ3) is 2.18. The minimum atomic E-state index is -0.760. The van der Waals surface area contributed by atoms with Crippen LogP contribution in [-0.2, 0) is 4.74 Å². The molecule has 0 bridgehead atoms. The second-order valence-electron chi connectivity index (χ2n) is 4.20. The number of ether oxygens (including phenoxy) is 1. The lowest BCUT2D eigenvalue weighted by atomic mass is 10.2. The third-order valence-electron chi connectivity index (χ3n) is 2.88. The Morgan fingerprint density at radius 3 is 3.11 bits per heavy atom. The monoisotopic (exact) mass is 267 g/mol. The molecule has 0 saturated carbocycles. The molecule has 9 nitrogen and oxygen atoms in total. The van der Waals surface area contributed by atoms with E-state index in [0.717, 1.165) is 0 Å². The van der Waals surface area contributed by atoms with Gasteiger partial charge in [-0.25, -0.2) is 9.97 Å². The Bertz CT molecular complexity index is 588. The number of nitrogens with zero attached hydrogens (tertiary/aromatic N) is 4. The normalized spacial score (nSPS) is 26.9. The summed E-state index contributed by atoms with van der Waals surface area (Å²) in [6, 6.07) is 0. The van der Waals surface area contributed by atoms with Gasteiger partial charge in [0.25, 0.3) is 0 Å². The van der Waals surface area contributed by atoms with Crippen LogP contribution in [0.4, 0.5) is 5.95 Å². The number of hydrogen-bond acceptors (Lipinski definition) is 8. The first-order chi connectivity index (χ1) is 9.17. The van der Waals surface area contributed by atoms with Crippen LogP contribution in [0.3, 0.4) is 0 Å². The zero-order valence-corrected chi connectivity index (χ0v) is 9.88. The van der Waals surface area contributed by atoms with Crippen molar-refractivity contribution >= 4 is 17.1 Å². The number of fused-ring (bicyclic) bond motifs is 1. The maximum atomic E-state index is 9.61. The molecule has 19 heavy (non-hydrogen) atoms. The van der Waals surface area contributed by atoms with E-state index in [2.05, 4.69) is 15.0 Å². The minimum absolute atomic E-state index is 0.110. The van der Waals surface area contributed by atoms with E-state index in [4.69, 9.17) is 20.4 Å². The van der Waals surface area contributed by atoms with Crippen LogP contribution < -0.4 is 10.6 Å². The van der Waals surface area contributed by atoms with Crippen molar-refractivity contribution in [3.8, 4) is 0 Å². The van der Waals surface area contributed by atoms with Crippen LogP contribution in [0.1, 0.15) is 6.42 Å². The van der Waals surface area contributed by atoms with Gasteiger partial charge in [0.15, 0.2) is 0 Å². The number of hydrogen-bond donors (Lipinski definition) is 3. The fourth-order valence-corrected chi connectivity index (χ4v) is 1.93. The Labute approximate surface area is 107 Å². The Morgan fingerprint density at radius 2 is 2.37 bits per heavy atom. The average molecular weight is 267 g/mol. The largest absolute Gasteiger partial charge is 0.394 e. The zero-order chi connectivity index (χ0) is 13.4. The number of imidazole rings is 1. The number of nitrogens with two attached hydrogens (primary N) is 1. The minimum Gasteiger partial charge on any atom is -0.394 e. The van der Waals surface area contributed by atoms with E-state index in [1.54, 1.807) is 0 Å². The Balaban J connectivity index is 1.80. The summed E-state index contributed by atoms with van der Waals surface area (Å²) in [7, 11) is 0. The summed E-state index contributed by atoms with van der Waals surface area (Å²) in [5.74, 6) is 0.110. The van der Waals surface area contributed by atoms with Gasteiger partial charge in [-0.1, -0.05) is 0 Å². The average Bonchev–Trinajstić information content (AvgIpc) is 2.94.